The van der Waals surface area contributed by atoms with Crippen LogP contribution in [0.25, 0.3) is 45.1 Å². The van der Waals surface area contributed by atoms with Crippen LogP contribution < -0.4 is 9.47 Å². The highest BCUT2D eigenvalue weighted by Crippen LogP contribution is 2.33. The zero-order chi connectivity index (χ0) is 33.6. The second-order valence-electron chi connectivity index (χ2n) is 12.3. The number of hydrogen-bond donors (Lipinski definition) is 0. The molecule has 0 unspecified atom stereocenters. The molecule has 0 fully saturated rings. The molecule has 7 rings (SSSR count). The number of rotatable bonds is 0. The zero-order valence-electron chi connectivity index (χ0n) is 28.0. The third-order valence-corrected chi connectivity index (χ3v) is 8.20. The number of allylic oxidation sites excluding steroid dienone is 1. The lowest BCUT2D eigenvalue weighted by Gasteiger charge is -2.10. The molecule has 0 atom stereocenters. The summed E-state index contributed by atoms with van der Waals surface area (Å²) in [6.07, 6.45) is 1.25. The topological polar surface area (TPSA) is 98.2 Å². The van der Waals surface area contributed by atoms with Crippen LogP contribution in [0.3, 0.4) is 0 Å². The molecule has 6 aromatic rings. The van der Waals surface area contributed by atoms with Gasteiger partial charge in [0.25, 0.3) is 0 Å². The Labute approximate surface area is 285 Å². The standard InChI is InChI=1S/C40H40N2O7/c1-26-18-31-20-27(2)22-35-37(31)48-39(41-35)29-6-4-8-33(24-29)46-16-14-44-12-10-43-11-13-45-15-17-47-34-9-5-7-30(25-34)40-42-36-23-28(3)21-32(19-26)38(36)49-40/h4-9,20-25H,1,10-19H2,2-3H3. The normalized spacial score (nSPS) is 15.7. The number of fused-ring (bicyclic) bond motifs is 8. The van der Waals surface area contributed by atoms with E-state index in [-0.39, 0.29) is 0 Å². The lowest BCUT2D eigenvalue weighted by Crippen LogP contribution is -2.14. The van der Waals surface area contributed by atoms with E-state index in [9.17, 15) is 0 Å². The van der Waals surface area contributed by atoms with Crippen LogP contribution >= 0.6 is 0 Å². The van der Waals surface area contributed by atoms with Crippen LogP contribution in [0.2, 0.25) is 0 Å². The number of aromatic nitrogens is 2. The molecule has 9 nitrogen and oxygen atoms in total. The van der Waals surface area contributed by atoms with Crippen molar-refractivity contribution in [3.8, 4) is 34.4 Å². The molecular weight excluding hydrogens is 620 g/mol. The van der Waals surface area contributed by atoms with Crippen molar-refractivity contribution in [2.24, 2.45) is 0 Å². The maximum atomic E-state index is 6.41. The minimum absolute atomic E-state index is 0.414. The fraction of sp³-hybridized carbons (Fsp3) is 0.300. The fourth-order valence-corrected chi connectivity index (χ4v) is 6.04. The first-order chi connectivity index (χ1) is 24.0. The molecule has 0 N–H and O–H groups in total. The minimum atomic E-state index is 0.414. The van der Waals surface area contributed by atoms with Crippen molar-refractivity contribution < 1.29 is 32.5 Å². The maximum Gasteiger partial charge on any atom is 0.227 e. The molecule has 4 aromatic carbocycles. The van der Waals surface area contributed by atoms with Crippen molar-refractivity contribution in [2.75, 3.05) is 52.9 Å². The average molecular weight is 661 g/mol. The van der Waals surface area contributed by atoms with Crippen LogP contribution in [0.5, 0.6) is 11.5 Å². The van der Waals surface area contributed by atoms with E-state index in [2.05, 4.69) is 32.6 Å². The maximum absolute atomic E-state index is 6.41. The van der Waals surface area contributed by atoms with Gasteiger partial charge in [0.2, 0.25) is 11.8 Å². The molecule has 0 amide bonds. The summed E-state index contributed by atoms with van der Waals surface area (Å²) in [5, 5.41) is 0. The number of nitrogens with zero attached hydrogens (tertiary/aromatic N) is 2. The molecule has 9 heteroatoms. The molecule has 0 saturated carbocycles. The fourth-order valence-electron chi connectivity index (χ4n) is 6.04. The number of oxazole rings is 2. The SMILES string of the molecule is C=C1Cc2cc(C)cc3nc(oc23)-c2cccc(c2)OCCOCCOCCOCCOc2cccc(c2)-c2nc3cc(C)cc(c3o2)C1. The number of ether oxygens (including phenoxy) is 5. The Hall–Kier alpha value is -4.96. The van der Waals surface area contributed by atoms with Gasteiger partial charge in [0.1, 0.15) is 35.7 Å². The summed E-state index contributed by atoms with van der Waals surface area (Å²) in [4.78, 5) is 9.71. The number of aryl methyl sites for hydroxylation is 2. The van der Waals surface area contributed by atoms with Crippen molar-refractivity contribution in [3.63, 3.8) is 0 Å². The first-order valence-electron chi connectivity index (χ1n) is 16.6. The zero-order valence-corrected chi connectivity index (χ0v) is 28.0. The molecule has 0 aliphatic carbocycles. The third-order valence-electron chi connectivity index (χ3n) is 8.20. The van der Waals surface area contributed by atoms with Gasteiger partial charge in [-0.15, -0.1) is 0 Å². The Balaban J connectivity index is 1.17. The van der Waals surface area contributed by atoms with Gasteiger partial charge < -0.3 is 32.5 Å². The van der Waals surface area contributed by atoms with E-state index in [1.165, 1.54) is 0 Å². The summed E-state index contributed by atoms with van der Waals surface area (Å²) >= 11 is 0. The number of hydrogen-bond acceptors (Lipinski definition) is 9. The Morgan fingerprint density at radius 2 is 0.959 bits per heavy atom. The molecule has 0 spiro atoms. The lowest BCUT2D eigenvalue weighted by atomic mass is 9.97. The van der Waals surface area contributed by atoms with Crippen LogP contribution in [-0.2, 0) is 27.1 Å². The highest BCUT2D eigenvalue weighted by molar-refractivity contribution is 5.82. The van der Waals surface area contributed by atoms with Gasteiger partial charge in [0.15, 0.2) is 11.2 Å². The van der Waals surface area contributed by atoms with E-state index in [0.29, 0.717) is 77.5 Å². The molecule has 2 aromatic heterocycles. The second kappa shape index (κ2) is 15.1. The van der Waals surface area contributed by atoms with E-state index >= 15 is 0 Å². The van der Waals surface area contributed by atoms with Gasteiger partial charge >= 0.3 is 0 Å². The van der Waals surface area contributed by atoms with Crippen molar-refractivity contribution in [1.29, 1.82) is 0 Å². The van der Waals surface area contributed by atoms with Gasteiger partial charge in [-0.25, -0.2) is 9.97 Å². The van der Waals surface area contributed by atoms with Gasteiger partial charge in [0.05, 0.1) is 39.6 Å². The Morgan fingerprint density at radius 1 is 0.531 bits per heavy atom. The van der Waals surface area contributed by atoms with E-state index in [1.54, 1.807) is 0 Å². The first-order valence-corrected chi connectivity index (χ1v) is 16.6. The van der Waals surface area contributed by atoms with Crippen LogP contribution in [0.4, 0.5) is 0 Å². The Morgan fingerprint density at radius 3 is 1.41 bits per heavy atom. The van der Waals surface area contributed by atoms with Crippen molar-refractivity contribution in [3.05, 3.63) is 107 Å². The highest BCUT2D eigenvalue weighted by Gasteiger charge is 2.17. The lowest BCUT2D eigenvalue weighted by molar-refractivity contribution is 0.00499. The van der Waals surface area contributed by atoms with Gasteiger partial charge in [0, 0.05) is 22.3 Å². The van der Waals surface area contributed by atoms with E-state index in [1.807, 2.05) is 60.7 Å². The molecule has 3 heterocycles. The average Bonchev–Trinajstić information content (AvgIpc) is 3.72. The van der Waals surface area contributed by atoms with Gasteiger partial charge in [-0.1, -0.05) is 36.4 Å². The highest BCUT2D eigenvalue weighted by atomic mass is 16.6. The second-order valence-corrected chi connectivity index (χ2v) is 12.3. The molecule has 1 aliphatic rings. The summed E-state index contributed by atoms with van der Waals surface area (Å²) < 4.78 is 41.7. The first kappa shape index (κ1) is 32.6. The van der Waals surface area contributed by atoms with E-state index in [0.717, 1.165) is 72.7 Å². The summed E-state index contributed by atoms with van der Waals surface area (Å²) in [5.74, 6) is 2.52. The molecule has 252 valence electrons. The van der Waals surface area contributed by atoms with Crippen LogP contribution in [-0.4, -0.2) is 62.8 Å². The van der Waals surface area contributed by atoms with E-state index < -0.39 is 0 Å². The summed E-state index contributed by atoms with van der Waals surface area (Å²) in [6.45, 7) is 12.3. The van der Waals surface area contributed by atoms with Gasteiger partial charge in [-0.2, -0.15) is 0 Å². The van der Waals surface area contributed by atoms with Gasteiger partial charge in [-0.05, 0) is 86.3 Å². The van der Waals surface area contributed by atoms with Crippen molar-refractivity contribution >= 4 is 22.2 Å². The monoisotopic (exact) mass is 660 g/mol. The largest absolute Gasteiger partial charge is 0.491 e. The van der Waals surface area contributed by atoms with E-state index in [4.69, 9.17) is 42.5 Å². The van der Waals surface area contributed by atoms with Crippen LogP contribution in [0.15, 0.2) is 93.8 Å². The molecule has 0 radical (unpaired) electrons. The molecular formula is C40H40N2O7. The minimum Gasteiger partial charge on any atom is -0.491 e. The van der Waals surface area contributed by atoms with Crippen LogP contribution in [0.1, 0.15) is 22.3 Å². The predicted octanol–water partition coefficient (Wildman–Crippen LogP) is 8.08. The molecule has 8 bridgehead atoms. The molecule has 49 heavy (non-hydrogen) atoms. The predicted molar refractivity (Wildman–Crippen MR) is 188 cm³/mol. The summed E-state index contributed by atoms with van der Waals surface area (Å²) in [6, 6.07) is 23.9. The van der Waals surface area contributed by atoms with Crippen LogP contribution in [0, 0.1) is 13.8 Å². The Kier molecular flexibility index (Phi) is 10.0. The van der Waals surface area contributed by atoms with Gasteiger partial charge in [-0.3, -0.25) is 0 Å². The third kappa shape index (κ3) is 8.03. The Bertz CT molecular complexity index is 1930. The number of benzene rings is 4. The van der Waals surface area contributed by atoms with Crippen molar-refractivity contribution in [2.45, 2.75) is 26.7 Å². The smallest absolute Gasteiger partial charge is 0.227 e. The van der Waals surface area contributed by atoms with Crippen molar-refractivity contribution in [1.82, 2.24) is 9.97 Å². The molecule has 1 aliphatic heterocycles. The quantitative estimate of drug-likeness (QED) is 0.150. The summed E-state index contributed by atoms with van der Waals surface area (Å²) in [5.41, 5.74) is 10.1. The molecule has 0 saturated heterocycles. The summed E-state index contributed by atoms with van der Waals surface area (Å²) in [7, 11) is 0.